The van der Waals surface area contributed by atoms with Crippen molar-refractivity contribution in [3.63, 3.8) is 0 Å². The number of hydrogen-bond donors (Lipinski definition) is 3. The first-order valence-corrected chi connectivity index (χ1v) is 5.54. The number of nitrogen functional groups attached to an aromatic ring is 1. The summed E-state index contributed by atoms with van der Waals surface area (Å²) in [5.74, 6) is 0.509. The number of rotatable bonds is 4. The van der Waals surface area contributed by atoms with E-state index in [0.29, 0.717) is 23.6 Å². The number of anilines is 1. The van der Waals surface area contributed by atoms with Crippen molar-refractivity contribution in [1.29, 1.82) is 5.41 Å². The topological polar surface area (TPSA) is 93.7 Å². The monoisotopic (exact) mass is 241 g/mol. The SMILES string of the molecule is N=CC=C(N)c1cnn(Cc2ccccc2)c1N. The fourth-order valence-corrected chi connectivity index (χ4v) is 1.68. The van der Waals surface area contributed by atoms with Crippen LogP contribution < -0.4 is 11.5 Å². The van der Waals surface area contributed by atoms with E-state index in [1.165, 1.54) is 6.08 Å². The summed E-state index contributed by atoms with van der Waals surface area (Å²) in [6.07, 6.45) is 4.23. The van der Waals surface area contributed by atoms with Gasteiger partial charge in [0.2, 0.25) is 0 Å². The standard InChI is InChI=1S/C13H15N5/c14-7-6-12(15)11-8-17-18(13(11)16)9-10-4-2-1-3-5-10/h1-8,14H,9,15-16H2. The molecule has 0 saturated carbocycles. The Balaban J connectivity index is 2.26. The highest BCUT2D eigenvalue weighted by molar-refractivity contribution is 5.84. The fourth-order valence-electron chi connectivity index (χ4n) is 1.68. The molecule has 1 aromatic carbocycles. The van der Waals surface area contributed by atoms with Gasteiger partial charge < -0.3 is 16.9 Å². The molecule has 1 heterocycles. The van der Waals surface area contributed by atoms with Crippen molar-refractivity contribution in [2.24, 2.45) is 5.73 Å². The van der Waals surface area contributed by atoms with Crippen LogP contribution in [0.15, 0.2) is 42.6 Å². The second-order valence-corrected chi connectivity index (χ2v) is 3.88. The Labute approximate surface area is 105 Å². The van der Waals surface area contributed by atoms with Crippen LogP contribution in [0.4, 0.5) is 5.82 Å². The van der Waals surface area contributed by atoms with Gasteiger partial charge in [0.1, 0.15) is 5.82 Å². The third kappa shape index (κ3) is 2.40. The van der Waals surface area contributed by atoms with E-state index in [1.807, 2.05) is 30.3 Å². The zero-order valence-corrected chi connectivity index (χ0v) is 9.88. The minimum Gasteiger partial charge on any atom is -0.398 e. The largest absolute Gasteiger partial charge is 0.398 e. The van der Waals surface area contributed by atoms with Gasteiger partial charge in [-0.1, -0.05) is 30.3 Å². The van der Waals surface area contributed by atoms with Crippen LogP contribution in [0.1, 0.15) is 11.1 Å². The second kappa shape index (κ2) is 5.18. The van der Waals surface area contributed by atoms with E-state index in [-0.39, 0.29) is 0 Å². The highest BCUT2D eigenvalue weighted by atomic mass is 15.3. The number of aromatic nitrogens is 2. The number of allylic oxidation sites excluding steroid dienone is 1. The maximum absolute atomic E-state index is 6.99. The van der Waals surface area contributed by atoms with Crippen LogP contribution in [0.2, 0.25) is 0 Å². The normalized spacial score (nSPS) is 11.4. The van der Waals surface area contributed by atoms with E-state index in [2.05, 4.69) is 5.10 Å². The molecule has 2 rings (SSSR count). The molecule has 0 amide bonds. The quantitative estimate of drug-likeness (QED) is 0.707. The van der Waals surface area contributed by atoms with Gasteiger partial charge in [-0.2, -0.15) is 5.10 Å². The molecule has 1 aromatic heterocycles. The van der Waals surface area contributed by atoms with Crippen molar-refractivity contribution in [2.75, 3.05) is 5.73 Å². The van der Waals surface area contributed by atoms with Gasteiger partial charge in [0, 0.05) is 11.9 Å². The van der Waals surface area contributed by atoms with E-state index in [1.54, 1.807) is 10.9 Å². The third-order valence-corrected chi connectivity index (χ3v) is 2.63. The molecule has 2 aromatic rings. The molecule has 0 saturated heterocycles. The molecule has 0 aliphatic carbocycles. The van der Waals surface area contributed by atoms with E-state index in [4.69, 9.17) is 16.9 Å². The molecular weight excluding hydrogens is 226 g/mol. The van der Waals surface area contributed by atoms with Gasteiger partial charge in [-0.05, 0) is 11.6 Å². The first-order valence-electron chi connectivity index (χ1n) is 5.54. The van der Waals surface area contributed by atoms with E-state index < -0.39 is 0 Å². The van der Waals surface area contributed by atoms with Crippen molar-refractivity contribution >= 4 is 17.7 Å². The van der Waals surface area contributed by atoms with Gasteiger partial charge in [-0.3, -0.25) is 0 Å². The molecule has 0 atom stereocenters. The van der Waals surface area contributed by atoms with Gasteiger partial charge in [-0.25, -0.2) is 4.68 Å². The Morgan fingerprint density at radius 3 is 2.72 bits per heavy atom. The molecule has 0 aliphatic rings. The zero-order valence-electron chi connectivity index (χ0n) is 9.88. The third-order valence-electron chi connectivity index (χ3n) is 2.63. The molecule has 0 radical (unpaired) electrons. The van der Waals surface area contributed by atoms with Crippen molar-refractivity contribution < 1.29 is 0 Å². The number of nitrogens with two attached hydrogens (primary N) is 2. The zero-order chi connectivity index (χ0) is 13.0. The van der Waals surface area contributed by atoms with Gasteiger partial charge in [0.05, 0.1) is 18.3 Å². The van der Waals surface area contributed by atoms with Crippen molar-refractivity contribution in [3.05, 3.63) is 53.7 Å². The Bertz CT molecular complexity index is 568. The molecule has 5 heteroatoms. The lowest BCUT2D eigenvalue weighted by Crippen LogP contribution is -2.07. The lowest BCUT2D eigenvalue weighted by Gasteiger charge is -2.05. The molecule has 92 valence electrons. The van der Waals surface area contributed by atoms with E-state index in [9.17, 15) is 0 Å². The molecule has 0 fully saturated rings. The number of nitrogens with zero attached hydrogens (tertiary/aromatic N) is 2. The molecule has 18 heavy (non-hydrogen) atoms. The summed E-state index contributed by atoms with van der Waals surface area (Å²) in [6.45, 7) is 0.602. The van der Waals surface area contributed by atoms with Crippen LogP contribution in [-0.2, 0) is 6.54 Å². The molecule has 5 nitrogen and oxygen atoms in total. The van der Waals surface area contributed by atoms with E-state index in [0.717, 1.165) is 11.8 Å². The highest BCUT2D eigenvalue weighted by Gasteiger charge is 2.09. The Morgan fingerprint density at radius 2 is 2.06 bits per heavy atom. The molecule has 0 aliphatic heterocycles. The van der Waals surface area contributed by atoms with Crippen molar-refractivity contribution in [2.45, 2.75) is 6.54 Å². The van der Waals surface area contributed by atoms with Crippen LogP contribution in [0, 0.1) is 5.41 Å². The van der Waals surface area contributed by atoms with Crippen molar-refractivity contribution in [3.8, 4) is 0 Å². The number of hydrogen-bond acceptors (Lipinski definition) is 4. The average Bonchev–Trinajstić information content (AvgIpc) is 2.73. The van der Waals surface area contributed by atoms with Crippen LogP contribution >= 0.6 is 0 Å². The number of benzene rings is 1. The first-order chi connectivity index (χ1) is 8.72. The number of nitrogens with one attached hydrogen (secondary N) is 1. The smallest absolute Gasteiger partial charge is 0.131 e. The van der Waals surface area contributed by atoms with Gasteiger partial charge in [0.25, 0.3) is 0 Å². The lowest BCUT2D eigenvalue weighted by molar-refractivity contribution is 0.697. The van der Waals surface area contributed by atoms with Gasteiger partial charge in [-0.15, -0.1) is 0 Å². The second-order valence-electron chi connectivity index (χ2n) is 3.88. The molecule has 5 N–H and O–H groups in total. The summed E-state index contributed by atoms with van der Waals surface area (Å²) >= 11 is 0. The van der Waals surface area contributed by atoms with Crippen LogP contribution in [-0.4, -0.2) is 16.0 Å². The predicted molar refractivity (Wildman–Crippen MR) is 73.1 cm³/mol. The summed E-state index contributed by atoms with van der Waals surface area (Å²) in [6, 6.07) is 9.93. The van der Waals surface area contributed by atoms with Crippen molar-refractivity contribution in [1.82, 2.24) is 9.78 Å². The molecule has 0 bridgehead atoms. The predicted octanol–water partition coefficient (Wildman–Crippen LogP) is 1.46. The highest BCUT2D eigenvalue weighted by Crippen LogP contribution is 2.18. The molecule has 0 unspecified atom stereocenters. The summed E-state index contributed by atoms with van der Waals surface area (Å²) < 4.78 is 1.69. The Hall–Kier alpha value is -2.56. The maximum Gasteiger partial charge on any atom is 0.131 e. The fraction of sp³-hybridized carbons (Fsp3) is 0.0769. The summed E-state index contributed by atoms with van der Waals surface area (Å²) in [5, 5.41) is 11.2. The lowest BCUT2D eigenvalue weighted by atomic mass is 10.2. The van der Waals surface area contributed by atoms with Crippen LogP contribution in [0.25, 0.3) is 5.70 Å². The maximum atomic E-state index is 6.99. The molecule has 0 spiro atoms. The first kappa shape index (κ1) is 11.9. The Kier molecular flexibility index (Phi) is 3.43. The minimum atomic E-state index is 0.446. The van der Waals surface area contributed by atoms with Gasteiger partial charge >= 0.3 is 0 Å². The average molecular weight is 241 g/mol. The van der Waals surface area contributed by atoms with Crippen LogP contribution in [0.5, 0.6) is 0 Å². The molecular formula is C13H15N5. The minimum absolute atomic E-state index is 0.446. The summed E-state index contributed by atoms with van der Waals surface area (Å²) in [4.78, 5) is 0. The Morgan fingerprint density at radius 1 is 1.33 bits per heavy atom. The van der Waals surface area contributed by atoms with Gasteiger partial charge in [0.15, 0.2) is 0 Å². The van der Waals surface area contributed by atoms with E-state index >= 15 is 0 Å². The van der Waals surface area contributed by atoms with Crippen LogP contribution in [0.3, 0.4) is 0 Å². The summed E-state index contributed by atoms with van der Waals surface area (Å²) in [5.41, 5.74) is 14.0. The summed E-state index contributed by atoms with van der Waals surface area (Å²) in [7, 11) is 0.